The predicted octanol–water partition coefficient (Wildman–Crippen LogP) is 0.700. The second-order valence-corrected chi connectivity index (χ2v) is 3.05. The Bertz CT molecular complexity index is 291. The molecule has 4 nitrogen and oxygen atoms in total. The molecule has 1 unspecified atom stereocenters. The van der Waals surface area contributed by atoms with Crippen molar-refractivity contribution in [1.29, 1.82) is 5.26 Å². The van der Waals surface area contributed by atoms with E-state index in [0.29, 0.717) is 5.01 Å². The van der Waals surface area contributed by atoms with Crippen molar-refractivity contribution in [2.24, 2.45) is 0 Å². The van der Waals surface area contributed by atoms with Crippen LogP contribution in [0.3, 0.4) is 0 Å². The van der Waals surface area contributed by atoms with E-state index in [-0.39, 0.29) is 6.61 Å². The maximum absolute atomic E-state index is 8.78. The highest BCUT2D eigenvalue weighted by Crippen LogP contribution is 2.16. The van der Waals surface area contributed by atoms with Gasteiger partial charge < -0.3 is 5.11 Å². The van der Waals surface area contributed by atoms with Crippen molar-refractivity contribution in [3.8, 4) is 6.07 Å². The van der Waals surface area contributed by atoms with E-state index in [1.807, 2.05) is 13.0 Å². The maximum atomic E-state index is 8.78. The zero-order chi connectivity index (χ0) is 8.97. The third-order valence-electron chi connectivity index (χ3n) is 1.44. The van der Waals surface area contributed by atoms with Crippen LogP contribution in [0.15, 0.2) is 0 Å². The van der Waals surface area contributed by atoms with Crippen molar-refractivity contribution in [1.82, 2.24) is 9.36 Å². The minimum atomic E-state index is -0.511. The first-order valence-electron chi connectivity index (χ1n) is 3.64. The van der Waals surface area contributed by atoms with E-state index in [4.69, 9.17) is 10.4 Å². The standard InChI is InChI=1S/C7H9N3OS/c1-2-6-9-7(12-10-6)5(3-8)4-11/h5,11H,2,4H2,1H3. The van der Waals surface area contributed by atoms with Crippen LogP contribution in [0.1, 0.15) is 23.7 Å². The Labute approximate surface area is 74.7 Å². The van der Waals surface area contributed by atoms with Crippen LogP contribution in [0.4, 0.5) is 0 Å². The molecule has 0 radical (unpaired) electrons. The number of hydrogen-bond acceptors (Lipinski definition) is 5. The van der Waals surface area contributed by atoms with Gasteiger partial charge in [-0.2, -0.15) is 9.64 Å². The summed E-state index contributed by atoms with van der Waals surface area (Å²) in [6.07, 6.45) is 0.764. The van der Waals surface area contributed by atoms with E-state index >= 15 is 0 Å². The fourth-order valence-corrected chi connectivity index (χ4v) is 1.50. The summed E-state index contributed by atoms with van der Waals surface area (Å²) in [6.45, 7) is 1.76. The first kappa shape index (κ1) is 9.10. The van der Waals surface area contributed by atoms with Gasteiger partial charge in [0, 0.05) is 6.42 Å². The average molecular weight is 183 g/mol. The van der Waals surface area contributed by atoms with Gasteiger partial charge in [0.1, 0.15) is 16.7 Å². The number of rotatable bonds is 3. The van der Waals surface area contributed by atoms with Crippen LogP contribution in [0.25, 0.3) is 0 Å². The molecule has 1 aromatic rings. The minimum Gasteiger partial charge on any atom is -0.395 e. The van der Waals surface area contributed by atoms with E-state index in [2.05, 4.69) is 9.36 Å². The topological polar surface area (TPSA) is 69.8 Å². The van der Waals surface area contributed by atoms with Crippen LogP contribution in [0, 0.1) is 11.3 Å². The number of nitriles is 1. The number of aryl methyl sites for hydroxylation is 1. The van der Waals surface area contributed by atoms with Gasteiger partial charge in [-0.1, -0.05) is 6.92 Å². The molecule has 0 spiro atoms. The number of aromatic nitrogens is 2. The molecule has 0 bridgehead atoms. The van der Waals surface area contributed by atoms with Crippen LogP contribution >= 0.6 is 11.5 Å². The van der Waals surface area contributed by atoms with Crippen LogP contribution < -0.4 is 0 Å². The summed E-state index contributed by atoms with van der Waals surface area (Å²) < 4.78 is 4.02. The van der Waals surface area contributed by atoms with E-state index in [9.17, 15) is 0 Å². The molecule has 0 aliphatic rings. The smallest absolute Gasteiger partial charge is 0.142 e. The first-order valence-corrected chi connectivity index (χ1v) is 4.42. The Morgan fingerprint density at radius 1 is 1.75 bits per heavy atom. The van der Waals surface area contributed by atoms with Crippen LogP contribution in [-0.2, 0) is 6.42 Å². The molecule has 1 rings (SSSR count). The SMILES string of the molecule is CCc1nsc(C(C#N)CO)n1. The fourth-order valence-electron chi connectivity index (χ4n) is 0.727. The monoisotopic (exact) mass is 183 g/mol. The zero-order valence-electron chi connectivity index (χ0n) is 6.69. The Hall–Kier alpha value is -0.990. The van der Waals surface area contributed by atoms with E-state index in [1.54, 1.807) is 0 Å². The van der Waals surface area contributed by atoms with Crippen molar-refractivity contribution in [2.45, 2.75) is 19.3 Å². The van der Waals surface area contributed by atoms with Crippen molar-refractivity contribution in [3.05, 3.63) is 10.8 Å². The molecule has 0 amide bonds. The van der Waals surface area contributed by atoms with Gasteiger partial charge in [-0.25, -0.2) is 4.98 Å². The van der Waals surface area contributed by atoms with Crippen LogP contribution in [-0.4, -0.2) is 21.1 Å². The summed E-state index contributed by atoms with van der Waals surface area (Å²) in [5.74, 6) is 0.228. The van der Waals surface area contributed by atoms with Gasteiger partial charge in [0.2, 0.25) is 0 Å². The van der Waals surface area contributed by atoms with Gasteiger partial charge >= 0.3 is 0 Å². The normalized spacial score (nSPS) is 12.4. The predicted molar refractivity (Wildman–Crippen MR) is 44.7 cm³/mol. The lowest BCUT2D eigenvalue weighted by Gasteiger charge is -1.96. The second kappa shape index (κ2) is 4.14. The highest BCUT2D eigenvalue weighted by atomic mass is 32.1. The lowest BCUT2D eigenvalue weighted by Crippen LogP contribution is -2.00. The zero-order valence-corrected chi connectivity index (χ0v) is 7.51. The van der Waals surface area contributed by atoms with E-state index < -0.39 is 5.92 Å². The number of nitrogens with zero attached hydrogens (tertiary/aromatic N) is 3. The second-order valence-electron chi connectivity index (χ2n) is 2.27. The average Bonchev–Trinajstić information content (AvgIpc) is 2.55. The summed E-state index contributed by atoms with van der Waals surface area (Å²) in [6, 6.07) is 1.96. The van der Waals surface area contributed by atoms with Crippen molar-refractivity contribution in [2.75, 3.05) is 6.61 Å². The summed E-state index contributed by atoms with van der Waals surface area (Å²) >= 11 is 1.19. The molecule has 1 aromatic heterocycles. The molecule has 0 aromatic carbocycles. The Balaban J connectivity index is 2.81. The Morgan fingerprint density at radius 2 is 2.50 bits per heavy atom. The van der Waals surface area contributed by atoms with Gasteiger partial charge in [0.25, 0.3) is 0 Å². The molecule has 1 N–H and O–H groups in total. The van der Waals surface area contributed by atoms with Crippen LogP contribution in [0.5, 0.6) is 0 Å². The molecule has 5 heteroatoms. The fraction of sp³-hybridized carbons (Fsp3) is 0.571. The summed E-state index contributed by atoms with van der Waals surface area (Å²) in [5, 5.41) is 18.0. The summed E-state index contributed by atoms with van der Waals surface area (Å²) in [5.41, 5.74) is 0. The lowest BCUT2D eigenvalue weighted by atomic mass is 10.2. The van der Waals surface area contributed by atoms with E-state index in [0.717, 1.165) is 12.2 Å². The molecule has 0 saturated heterocycles. The van der Waals surface area contributed by atoms with Crippen LogP contribution in [0.2, 0.25) is 0 Å². The third-order valence-corrected chi connectivity index (χ3v) is 2.30. The van der Waals surface area contributed by atoms with Crippen molar-refractivity contribution < 1.29 is 5.11 Å². The van der Waals surface area contributed by atoms with Gasteiger partial charge in [0.05, 0.1) is 12.7 Å². The molecule has 0 aliphatic carbocycles. The highest BCUT2D eigenvalue weighted by Gasteiger charge is 2.13. The summed E-state index contributed by atoms with van der Waals surface area (Å²) in [7, 11) is 0. The molecule has 0 saturated carbocycles. The Morgan fingerprint density at radius 3 is 2.92 bits per heavy atom. The van der Waals surface area contributed by atoms with Gasteiger partial charge in [-0.05, 0) is 11.5 Å². The lowest BCUT2D eigenvalue weighted by molar-refractivity contribution is 0.285. The molecule has 1 atom stereocenters. The van der Waals surface area contributed by atoms with E-state index in [1.165, 1.54) is 11.5 Å². The molecule has 0 aliphatic heterocycles. The number of aliphatic hydroxyl groups excluding tert-OH is 1. The van der Waals surface area contributed by atoms with Gasteiger partial charge in [0.15, 0.2) is 0 Å². The molecule has 0 fully saturated rings. The Kier molecular flexibility index (Phi) is 3.14. The molecule has 64 valence electrons. The molecular weight excluding hydrogens is 174 g/mol. The number of hydrogen-bond donors (Lipinski definition) is 1. The summed E-state index contributed by atoms with van der Waals surface area (Å²) in [4.78, 5) is 4.10. The third kappa shape index (κ3) is 1.78. The maximum Gasteiger partial charge on any atom is 0.142 e. The van der Waals surface area contributed by atoms with Crippen molar-refractivity contribution >= 4 is 11.5 Å². The molecule has 12 heavy (non-hydrogen) atoms. The van der Waals surface area contributed by atoms with Crippen molar-refractivity contribution in [3.63, 3.8) is 0 Å². The molecular formula is C7H9N3OS. The van der Waals surface area contributed by atoms with Gasteiger partial charge in [-0.15, -0.1) is 0 Å². The highest BCUT2D eigenvalue weighted by molar-refractivity contribution is 7.05. The minimum absolute atomic E-state index is 0.186. The molecule has 1 heterocycles. The van der Waals surface area contributed by atoms with Gasteiger partial charge in [-0.3, -0.25) is 0 Å². The quantitative estimate of drug-likeness (QED) is 0.748. The first-order chi connectivity index (χ1) is 5.81. The number of aliphatic hydroxyl groups is 1. The largest absolute Gasteiger partial charge is 0.395 e.